The smallest absolute Gasteiger partial charge is 0.107 e. The van der Waals surface area contributed by atoms with Crippen molar-refractivity contribution in [2.45, 2.75) is 30.4 Å². The molecular formula is C13H20N2S3. The zero-order chi connectivity index (χ0) is 12.4. The first kappa shape index (κ1) is 13.3. The summed E-state index contributed by atoms with van der Waals surface area (Å²) in [4.78, 5) is 6.60. The van der Waals surface area contributed by atoms with E-state index in [-0.39, 0.29) is 0 Å². The van der Waals surface area contributed by atoms with Crippen molar-refractivity contribution >= 4 is 34.9 Å². The van der Waals surface area contributed by atoms with Crippen LogP contribution in [-0.2, 0) is 6.42 Å². The van der Waals surface area contributed by atoms with Gasteiger partial charge in [0.1, 0.15) is 5.01 Å². The van der Waals surface area contributed by atoms with Gasteiger partial charge >= 0.3 is 0 Å². The third kappa shape index (κ3) is 2.74. The molecule has 0 radical (unpaired) electrons. The van der Waals surface area contributed by atoms with Crippen LogP contribution in [0.1, 0.15) is 39.6 Å². The molecule has 2 nitrogen and oxygen atoms in total. The summed E-state index contributed by atoms with van der Waals surface area (Å²) in [5, 5.41) is 5.39. The fourth-order valence-electron chi connectivity index (χ4n) is 2.74. The van der Waals surface area contributed by atoms with E-state index in [0.29, 0.717) is 11.2 Å². The molecule has 0 saturated carbocycles. The zero-order valence-corrected chi connectivity index (χ0v) is 13.2. The summed E-state index contributed by atoms with van der Waals surface area (Å²) in [6, 6.07) is 0. The summed E-state index contributed by atoms with van der Waals surface area (Å²) in [6.07, 6.45) is 3.91. The third-order valence-electron chi connectivity index (χ3n) is 3.63. The summed E-state index contributed by atoms with van der Waals surface area (Å²) in [7, 11) is 2.05. The van der Waals surface area contributed by atoms with Gasteiger partial charge in [-0.05, 0) is 26.3 Å². The molecule has 2 heterocycles. The molecule has 1 N–H and O–H groups in total. The van der Waals surface area contributed by atoms with Crippen LogP contribution in [0.5, 0.6) is 0 Å². The first-order valence-corrected chi connectivity index (χ1v) is 9.74. The van der Waals surface area contributed by atoms with Gasteiger partial charge in [0.05, 0.1) is 10.9 Å². The van der Waals surface area contributed by atoms with Gasteiger partial charge in [0.15, 0.2) is 0 Å². The van der Waals surface area contributed by atoms with E-state index in [0.717, 1.165) is 6.54 Å². The highest BCUT2D eigenvalue weighted by molar-refractivity contribution is 8.06. The summed E-state index contributed by atoms with van der Waals surface area (Å²) >= 11 is 6.19. The number of aromatic nitrogens is 1. The Bertz CT molecular complexity index is 399. The maximum absolute atomic E-state index is 5.02. The summed E-state index contributed by atoms with van der Waals surface area (Å²) in [5.74, 6) is 4.52. The molecule has 2 unspecified atom stereocenters. The number of thioether (sulfide) groups is 2. The number of hydrogen-bond acceptors (Lipinski definition) is 5. The quantitative estimate of drug-likeness (QED) is 0.926. The molecule has 1 saturated heterocycles. The van der Waals surface area contributed by atoms with Gasteiger partial charge < -0.3 is 5.32 Å². The monoisotopic (exact) mass is 300 g/mol. The Morgan fingerprint density at radius 2 is 2.33 bits per heavy atom. The summed E-state index contributed by atoms with van der Waals surface area (Å²) < 4.78 is 0. The number of thiazole rings is 1. The van der Waals surface area contributed by atoms with Crippen molar-refractivity contribution in [2.75, 3.05) is 30.9 Å². The first-order chi connectivity index (χ1) is 8.88. The molecule has 2 aliphatic rings. The molecule has 3 rings (SSSR count). The second-order valence-electron chi connectivity index (χ2n) is 4.94. The van der Waals surface area contributed by atoms with E-state index in [1.54, 1.807) is 4.88 Å². The molecule has 0 amide bonds. The lowest BCUT2D eigenvalue weighted by Crippen LogP contribution is -2.21. The van der Waals surface area contributed by atoms with Crippen LogP contribution >= 0.6 is 34.9 Å². The maximum Gasteiger partial charge on any atom is 0.107 e. The van der Waals surface area contributed by atoms with Crippen LogP contribution in [0, 0.1) is 0 Å². The number of nitrogens with one attached hydrogen (secondary N) is 1. The van der Waals surface area contributed by atoms with E-state index in [1.807, 2.05) is 11.3 Å². The minimum absolute atomic E-state index is 0.657. The van der Waals surface area contributed by atoms with Gasteiger partial charge in [-0.2, -0.15) is 11.8 Å². The molecule has 1 aliphatic carbocycles. The second kappa shape index (κ2) is 6.16. The fourth-order valence-corrected chi connectivity index (χ4v) is 6.92. The lowest BCUT2D eigenvalue weighted by molar-refractivity contribution is 0.522. The Morgan fingerprint density at radius 3 is 3.11 bits per heavy atom. The number of hydrogen-bond donors (Lipinski definition) is 1. The van der Waals surface area contributed by atoms with E-state index in [2.05, 4.69) is 35.9 Å². The predicted octanol–water partition coefficient (Wildman–Crippen LogP) is 3.30. The molecule has 1 aromatic rings. The molecule has 0 bridgehead atoms. The molecule has 1 fully saturated rings. The average molecular weight is 301 g/mol. The Morgan fingerprint density at radius 1 is 1.39 bits per heavy atom. The van der Waals surface area contributed by atoms with Crippen molar-refractivity contribution in [1.29, 1.82) is 0 Å². The number of likely N-dealkylation sites (N-methyl/N-ethyl adjacent to an activating group) is 1. The van der Waals surface area contributed by atoms with Gasteiger partial charge in [0.2, 0.25) is 0 Å². The molecular weight excluding hydrogens is 280 g/mol. The van der Waals surface area contributed by atoms with Crippen molar-refractivity contribution < 1.29 is 0 Å². The van der Waals surface area contributed by atoms with E-state index < -0.39 is 0 Å². The van der Waals surface area contributed by atoms with Crippen LogP contribution < -0.4 is 5.32 Å². The number of rotatable bonds is 3. The van der Waals surface area contributed by atoms with Crippen molar-refractivity contribution in [1.82, 2.24) is 10.3 Å². The molecule has 0 aromatic carbocycles. The highest BCUT2D eigenvalue weighted by Crippen LogP contribution is 2.42. The van der Waals surface area contributed by atoms with Crippen LogP contribution in [-0.4, -0.2) is 35.8 Å². The van der Waals surface area contributed by atoms with Crippen LogP contribution in [0.2, 0.25) is 0 Å². The van der Waals surface area contributed by atoms with Crippen LogP contribution in [0.25, 0.3) is 0 Å². The van der Waals surface area contributed by atoms with Crippen molar-refractivity contribution in [2.24, 2.45) is 0 Å². The summed E-state index contributed by atoms with van der Waals surface area (Å²) in [5.41, 5.74) is 1.42. The Labute approximate surface area is 122 Å². The second-order valence-corrected chi connectivity index (χ2v) is 8.52. The normalized spacial score (nSPS) is 28.1. The van der Waals surface area contributed by atoms with E-state index in [9.17, 15) is 0 Å². The van der Waals surface area contributed by atoms with Gasteiger partial charge in [0.25, 0.3) is 0 Å². The van der Waals surface area contributed by atoms with Gasteiger partial charge in [-0.1, -0.05) is 0 Å². The standard InChI is InChI=1S/C13H20N2S3/c1-14-7-9-3-2-4-10-12(9)15-13(18-10)11-8-16-5-6-17-11/h9,11,14H,2-8H2,1H3. The third-order valence-corrected chi connectivity index (χ3v) is 7.79. The van der Waals surface area contributed by atoms with Gasteiger partial charge in [-0.3, -0.25) is 0 Å². The largest absolute Gasteiger partial charge is 0.319 e. The van der Waals surface area contributed by atoms with Crippen LogP contribution in [0.15, 0.2) is 0 Å². The van der Waals surface area contributed by atoms with Crippen LogP contribution in [0.3, 0.4) is 0 Å². The van der Waals surface area contributed by atoms with Gasteiger partial charge in [0, 0.05) is 34.6 Å². The first-order valence-electron chi connectivity index (χ1n) is 6.72. The Kier molecular flexibility index (Phi) is 4.55. The molecule has 5 heteroatoms. The Hall–Kier alpha value is 0.290. The number of fused-ring (bicyclic) bond motifs is 1. The highest BCUT2D eigenvalue weighted by Gasteiger charge is 2.27. The lowest BCUT2D eigenvalue weighted by Gasteiger charge is -2.20. The minimum atomic E-state index is 0.657. The molecule has 2 atom stereocenters. The molecule has 1 aliphatic heterocycles. The maximum atomic E-state index is 5.02. The lowest BCUT2D eigenvalue weighted by atomic mass is 9.91. The Balaban J connectivity index is 1.81. The van der Waals surface area contributed by atoms with E-state index in [1.165, 1.54) is 47.2 Å². The van der Waals surface area contributed by atoms with E-state index >= 15 is 0 Å². The fraction of sp³-hybridized carbons (Fsp3) is 0.769. The van der Waals surface area contributed by atoms with Crippen molar-refractivity contribution in [3.05, 3.63) is 15.6 Å². The van der Waals surface area contributed by atoms with E-state index in [4.69, 9.17) is 4.98 Å². The molecule has 18 heavy (non-hydrogen) atoms. The van der Waals surface area contributed by atoms with Crippen molar-refractivity contribution in [3.63, 3.8) is 0 Å². The highest BCUT2D eigenvalue weighted by atomic mass is 32.2. The average Bonchev–Trinajstić information content (AvgIpc) is 2.85. The van der Waals surface area contributed by atoms with Crippen LogP contribution in [0.4, 0.5) is 0 Å². The molecule has 100 valence electrons. The van der Waals surface area contributed by atoms with Gasteiger partial charge in [-0.15, -0.1) is 23.1 Å². The molecule has 1 aromatic heterocycles. The van der Waals surface area contributed by atoms with Crippen molar-refractivity contribution in [3.8, 4) is 0 Å². The topological polar surface area (TPSA) is 24.9 Å². The molecule has 0 spiro atoms. The van der Waals surface area contributed by atoms with Gasteiger partial charge in [-0.25, -0.2) is 4.98 Å². The summed E-state index contributed by atoms with van der Waals surface area (Å²) in [6.45, 7) is 1.09. The SMILES string of the molecule is CNCC1CCCc2sc(C3CSCCS3)nc21. The zero-order valence-electron chi connectivity index (χ0n) is 10.8. The predicted molar refractivity (Wildman–Crippen MR) is 84.2 cm³/mol. The number of nitrogens with zero attached hydrogens (tertiary/aromatic N) is 1. The number of aryl methyl sites for hydroxylation is 1. The minimum Gasteiger partial charge on any atom is -0.319 e.